The number of aliphatic hydroxyl groups excluding tert-OH is 1. The molecule has 62 valence electrons. The third-order valence-corrected chi connectivity index (χ3v) is 3.36. The Bertz CT molecular complexity index is 319. The lowest BCUT2D eigenvalue weighted by Crippen LogP contribution is -2.14. The summed E-state index contributed by atoms with van der Waals surface area (Å²) in [6.45, 7) is 0. The van der Waals surface area contributed by atoms with E-state index in [-0.39, 0.29) is 6.10 Å². The summed E-state index contributed by atoms with van der Waals surface area (Å²) in [4.78, 5) is 0. The lowest BCUT2D eigenvalue weighted by Gasteiger charge is -2.19. The van der Waals surface area contributed by atoms with Crippen molar-refractivity contribution in [2.75, 3.05) is 0 Å². The van der Waals surface area contributed by atoms with Crippen molar-refractivity contribution in [1.29, 1.82) is 0 Å². The second-order valence-corrected chi connectivity index (χ2v) is 3.97. The second-order valence-electron chi connectivity index (χ2n) is 3.97. The number of hydrogen-bond donors (Lipinski definition) is 1. The predicted octanol–water partition coefficient (Wildman–Crippen LogP) is 2.02. The van der Waals surface area contributed by atoms with Crippen molar-refractivity contribution in [1.82, 2.24) is 0 Å². The van der Waals surface area contributed by atoms with Crippen LogP contribution in [0.25, 0.3) is 0 Å². The van der Waals surface area contributed by atoms with Crippen LogP contribution in [-0.4, -0.2) is 11.2 Å². The summed E-state index contributed by atoms with van der Waals surface area (Å²) >= 11 is 0. The van der Waals surface area contributed by atoms with E-state index in [1.54, 1.807) is 0 Å². The number of fused-ring (bicyclic) bond motifs is 5. The Kier molecular flexibility index (Phi) is 1.17. The minimum atomic E-state index is -0.0649. The Morgan fingerprint density at radius 3 is 2.67 bits per heavy atom. The molecule has 0 aliphatic heterocycles. The van der Waals surface area contributed by atoms with Crippen LogP contribution in [0.5, 0.6) is 0 Å². The smallest absolute Gasteiger partial charge is 0.0614 e. The van der Waals surface area contributed by atoms with Crippen LogP contribution < -0.4 is 0 Å². The highest BCUT2D eigenvalue weighted by Gasteiger charge is 2.42. The molecule has 2 bridgehead atoms. The highest BCUT2D eigenvalue weighted by molar-refractivity contribution is 5.42. The van der Waals surface area contributed by atoms with Gasteiger partial charge in [0.2, 0.25) is 0 Å². The summed E-state index contributed by atoms with van der Waals surface area (Å²) in [5.41, 5.74) is 2.90. The van der Waals surface area contributed by atoms with Crippen LogP contribution >= 0.6 is 0 Å². The first-order chi connectivity index (χ1) is 5.86. The summed E-state index contributed by atoms with van der Waals surface area (Å²) in [6.07, 6.45) is 2.10. The zero-order valence-corrected chi connectivity index (χ0v) is 6.90. The monoisotopic (exact) mass is 160 g/mol. The van der Waals surface area contributed by atoms with E-state index in [9.17, 15) is 5.11 Å². The molecule has 0 amide bonds. The third kappa shape index (κ3) is 0.674. The largest absolute Gasteiger partial charge is 0.392 e. The highest BCUT2D eigenvalue weighted by Crippen LogP contribution is 2.52. The van der Waals surface area contributed by atoms with Gasteiger partial charge in [0, 0.05) is 5.92 Å². The maximum Gasteiger partial charge on any atom is 0.0614 e. The first kappa shape index (κ1) is 6.67. The van der Waals surface area contributed by atoms with E-state index >= 15 is 0 Å². The molecule has 0 heterocycles. The fraction of sp³-hybridized carbons (Fsp3) is 0.455. The number of benzene rings is 1. The van der Waals surface area contributed by atoms with Crippen LogP contribution in [0.4, 0.5) is 0 Å². The molecule has 1 aromatic rings. The number of rotatable bonds is 0. The van der Waals surface area contributed by atoms with Crippen LogP contribution in [-0.2, 0) is 0 Å². The minimum absolute atomic E-state index is 0.0649. The molecule has 1 aromatic carbocycles. The molecule has 0 radical (unpaired) electrons. The van der Waals surface area contributed by atoms with Gasteiger partial charge in [-0.3, -0.25) is 0 Å². The molecule has 3 atom stereocenters. The van der Waals surface area contributed by atoms with E-state index in [4.69, 9.17) is 0 Å². The van der Waals surface area contributed by atoms with Gasteiger partial charge in [-0.05, 0) is 29.9 Å². The van der Waals surface area contributed by atoms with Gasteiger partial charge in [0.25, 0.3) is 0 Å². The standard InChI is InChI=1S/C11H12O/c12-11-6-7-5-10(11)9-4-2-1-3-8(7)9/h1-4,7,10-12H,5-6H2/t7-,10-,11-/m0/s1. The Morgan fingerprint density at radius 2 is 1.83 bits per heavy atom. The Balaban J connectivity index is 2.17. The SMILES string of the molecule is O[C@H]1C[C@@H]2C[C@H]1c1ccccc12. The van der Waals surface area contributed by atoms with Crippen molar-refractivity contribution in [2.45, 2.75) is 30.8 Å². The average Bonchev–Trinajstić information content (AvgIpc) is 2.62. The molecule has 0 spiro atoms. The molecule has 1 saturated carbocycles. The van der Waals surface area contributed by atoms with Gasteiger partial charge < -0.3 is 5.11 Å². The minimum Gasteiger partial charge on any atom is -0.392 e. The fourth-order valence-electron chi connectivity index (χ4n) is 2.82. The molecule has 2 aliphatic rings. The normalized spacial score (nSPS) is 36.9. The second kappa shape index (κ2) is 2.11. The van der Waals surface area contributed by atoms with Crippen LogP contribution in [0.15, 0.2) is 24.3 Å². The molecule has 0 aromatic heterocycles. The summed E-state index contributed by atoms with van der Waals surface area (Å²) in [7, 11) is 0. The van der Waals surface area contributed by atoms with Crippen molar-refractivity contribution in [2.24, 2.45) is 0 Å². The fourth-order valence-corrected chi connectivity index (χ4v) is 2.82. The van der Waals surface area contributed by atoms with Gasteiger partial charge in [0.1, 0.15) is 0 Å². The van der Waals surface area contributed by atoms with Gasteiger partial charge in [0.05, 0.1) is 6.10 Å². The Hall–Kier alpha value is -0.820. The molecule has 1 N–H and O–H groups in total. The molecule has 1 fully saturated rings. The van der Waals surface area contributed by atoms with E-state index in [0.717, 1.165) is 6.42 Å². The highest BCUT2D eigenvalue weighted by atomic mass is 16.3. The number of hydrogen-bond acceptors (Lipinski definition) is 1. The van der Waals surface area contributed by atoms with E-state index in [2.05, 4.69) is 24.3 Å². The molecule has 1 nitrogen and oxygen atoms in total. The van der Waals surface area contributed by atoms with Gasteiger partial charge in [-0.15, -0.1) is 0 Å². The maximum atomic E-state index is 9.67. The molecule has 2 aliphatic carbocycles. The van der Waals surface area contributed by atoms with Crippen molar-refractivity contribution >= 4 is 0 Å². The Morgan fingerprint density at radius 1 is 1.08 bits per heavy atom. The third-order valence-electron chi connectivity index (χ3n) is 3.36. The van der Waals surface area contributed by atoms with E-state index in [1.165, 1.54) is 17.5 Å². The zero-order chi connectivity index (χ0) is 8.13. The molecule has 0 unspecified atom stereocenters. The van der Waals surface area contributed by atoms with Crippen LogP contribution in [0.3, 0.4) is 0 Å². The van der Waals surface area contributed by atoms with Gasteiger partial charge >= 0.3 is 0 Å². The summed E-state index contributed by atoms with van der Waals surface area (Å²) in [5.74, 6) is 1.10. The van der Waals surface area contributed by atoms with Gasteiger partial charge in [-0.1, -0.05) is 24.3 Å². The molecule has 3 rings (SSSR count). The first-order valence-electron chi connectivity index (χ1n) is 4.63. The number of aliphatic hydroxyl groups is 1. The van der Waals surface area contributed by atoms with Crippen LogP contribution in [0.1, 0.15) is 35.8 Å². The van der Waals surface area contributed by atoms with Crippen molar-refractivity contribution < 1.29 is 5.11 Å². The molecule has 12 heavy (non-hydrogen) atoms. The van der Waals surface area contributed by atoms with Crippen molar-refractivity contribution in [3.05, 3.63) is 35.4 Å². The summed E-state index contributed by atoms with van der Waals surface area (Å²) in [6, 6.07) is 8.56. The van der Waals surface area contributed by atoms with E-state index in [1.807, 2.05) is 0 Å². The van der Waals surface area contributed by atoms with Gasteiger partial charge in [-0.2, -0.15) is 0 Å². The quantitative estimate of drug-likeness (QED) is 0.615. The summed E-state index contributed by atoms with van der Waals surface area (Å²) in [5, 5.41) is 9.67. The van der Waals surface area contributed by atoms with E-state index in [0.29, 0.717) is 11.8 Å². The molecular weight excluding hydrogens is 148 g/mol. The Labute approximate surface area is 72.0 Å². The van der Waals surface area contributed by atoms with E-state index < -0.39 is 0 Å². The van der Waals surface area contributed by atoms with Gasteiger partial charge in [0.15, 0.2) is 0 Å². The van der Waals surface area contributed by atoms with Crippen molar-refractivity contribution in [3.63, 3.8) is 0 Å². The van der Waals surface area contributed by atoms with Gasteiger partial charge in [-0.25, -0.2) is 0 Å². The maximum absolute atomic E-state index is 9.67. The summed E-state index contributed by atoms with van der Waals surface area (Å²) < 4.78 is 0. The molecule has 0 saturated heterocycles. The van der Waals surface area contributed by atoms with Crippen LogP contribution in [0.2, 0.25) is 0 Å². The predicted molar refractivity (Wildman–Crippen MR) is 47.2 cm³/mol. The average molecular weight is 160 g/mol. The first-order valence-corrected chi connectivity index (χ1v) is 4.63. The molecule has 1 heteroatoms. The molecular formula is C11H12O. The topological polar surface area (TPSA) is 20.2 Å². The lowest BCUT2D eigenvalue weighted by molar-refractivity contribution is 0.158. The van der Waals surface area contributed by atoms with Crippen LogP contribution in [0, 0.1) is 0 Å². The van der Waals surface area contributed by atoms with Crippen molar-refractivity contribution in [3.8, 4) is 0 Å². The lowest BCUT2D eigenvalue weighted by atomic mass is 9.90. The zero-order valence-electron chi connectivity index (χ0n) is 6.90.